The van der Waals surface area contributed by atoms with Crippen molar-refractivity contribution in [2.75, 3.05) is 11.1 Å². The molecule has 3 N–H and O–H groups in total. The lowest BCUT2D eigenvalue weighted by Gasteiger charge is -2.08. The summed E-state index contributed by atoms with van der Waals surface area (Å²) in [5.74, 6) is -1.18. The van der Waals surface area contributed by atoms with Crippen LogP contribution in [0.3, 0.4) is 0 Å². The Labute approximate surface area is 118 Å². The van der Waals surface area contributed by atoms with Gasteiger partial charge in [0.15, 0.2) is 5.82 Å². The molecule has 0 spiro atoms. The van der Waals surface area contributed by atoms with E-state index in [-0.39, 0.29) is 27.0 Å². The largest absolute Gasteiger partial charge is 0.396 e. The predicted molar refractivity (Wildman–Crippen MR) is 73.0 cm³/mol. The Morgan fingerprint density at radius 3 is 2.53 bits per heavy atom. The molecule has 0 aliphatic rings. The highest BCUT2D eigenvalue weighted by molar-refractivity contribution is 6.39. The van der Waals surface area contributed by atoms with E-state index in [1.54, 1.807) is 0 Å². The number of nitrogens with zero attached hydrogens (tertiary/aromatic N) is 1. The van der Waals surface area contributed by atoms with Gasteiger partial charge in [-0.05, 0) is 18.2 Å². The highest BCUT2D eigenvalue weighted by Gasteiger charge is 2.13. The lowest BCUT2D eigenvalue weighted by Crippen LogP contribution is -2.13. The highest BCUT2D eigenvalue weighted by Crippen LogP contribution is 2.29. The van der Waals surface area contributed by atoms with Crippen LogP contribution in [0.2, 0.25) is 10.0 Å². The summed E-state index contributed by atoms with van der Waals surface area (Å²) in [7, 11) is 0. The summed E-state index contributed by atoms with van der Waals surface area (Å²) in [6.45, 7) is 0. The van der Waals surface area contributed by atoms with Crippen LogP contribution in [0.5, 0.6) is 0 Å². The molecule has 1 aromatic heterocycles. The van der Waals surface area contributed by atoms with Gasteiger partial charge in [0.1, 0.15) is 0 Å². The number of nitrogens with one attached hydrogen (secondary N) is 1. The van der Waals surface area contributed by atoms with E-state index in [0.717, 1.165) is 6.20 Å². The zero-order valence-corrected chi connectivity index (χ0v) is 11.0. The van der Waals surface area contributed by atoms with Crippen molar-refractivity contribution in [3.63, 3.8) is 0 Å². The van der Waals surface area contributed by atoms with E-state index in [1.807, 2.05) is 0 Å². The molecule has 1 aromatic carbocycles. The molecule has 1 heterocycles. The second kappa shape index (κ2) is 5.42. The Kier molecular flexibility index (Phi) is 3.87. The molecule has 0 saturated heterocycles. The van der Waals surface area contributed by atoms with Crippen molar-refractivity contribution < 1.29 is 9.18 Å². The summed E-state index contributed by atoms with van der Waals surface area (Å²) in [6.07, 6.45) is 2.36. The van der Waals surface area contributed by atoms with Crippen LogP contribution in [0, 0.1) is 5.82 Å². The topological polar surface area (TPSA) is 68.0 Å². The third-order valence-electron chi connectivity index (χ3n) is 2.36. The number of halogens is 3. The Hall–Kier alpha value is -1.85. The maximum absolute atomic E-state index is 13.3. The number of hydrogen-bond donors (Lipinski definition) is 2. The van der Waals surface area contributed by atoms with E-state index in [0.29, 0.717) is 0 Å². The van der Waals surface area contributed by atoms with Crippen molar-refractivity contribution in [1.29, 1.82) is 0 Å². The van der Waals surface area contributed by atoms with Crippen LogP contribution in [0.1, 0.15) is 10.4 Å². The van der Waals surface area contributed by atoms with Gasteiger partial charge in [0.25, 0.3) is 5.91 Å². The third kappa shape index (κ3) is 2.94. The second-order valence-electron chi connectivity index (χ2n) is 3.66. The first-order valence-electron chi connectivity index (χ1n) is 5.14. The molecule has 2 aromatic rings. The van der Waals surface area contributed by atoms with Crippen LogP contribution in [-0.4, -0.2) is 10.9 Å². The normalized spacial score (nSPS) is 10.3. The van der Waals surface area contributed by atoms with Crippen molar-refractivity contribution >= 4 is 40.5 Å². The number of carbonyl (C=O) groups is 1. The molecule has 0 aliphatic heterocycles. The Morgan fingerprint density at radius 2 is 1.95 bits per heavy atom. The van der Waals surface area contributed by atoms with Crippen LogP contribution in [-0.2, 0) is 0 Å². The van der Waals surface area contributed by atoms with Crippen molar-refractivity contribution in [1.82, 2.24) is 4.98 Å². The molecule has 0 saturated carbocycles. The zero-order valence-electron chi connectivity index (χ0n) is 9.45. The van der Waals surface area contributed by atoms with E-state index in [9.17, 15) is 9.18 Å². The van der Waals surface area contributed by atoms with Crippen LogP contribution in [0.4, 0.5) is 15.8 Å². The van der Waals surface area contributed by atoms with E-state index in [2.05, 4.69) is 10.3 Å². The number of nitrogen functional groups attached to an aromatic ring is 1. The predicted octanol–water partition coefficient (Wildman–Crippen LogP) is 3.36. The lowest BCUT2D eigenvalue weighted by atomic mass is 10.2. The highest BCUT2D eigenvalue weighted by atomic mass is 35.5. The Balaban J connectivity index is 2.28. The molecular formula is C12H8Cl2FN3O. The molecule has 4 nitrogen and oxygen atoms in total. The summed E-state index contributed by atoms with van der Waals surface area (Å²) in [6, 6.07) is 4.06. The fraction of sp³-hybridized carbons (Fsp3) is 0. The first-order valence-corrected chi connectivity index (χ1v) is 5.90. The fourth-order valence-corrected chi connectivity index (χ4v) is 1.87. The molecule has 0 unspecified atom stereocenters. The summed E-state index contributed by atoms with van der Waals surface area (Å²) in [5.41, 5.74) is 5.95. The molecule has 98 valence electrons. The molecule has 0 aliphatic carbocycles. The molecular weight excluding hydrogens is 292 g/mol. The smallest absolute Gasteiger partial charge is 0.255 e. The third-order valence-corrected chi connectivity index (χ3v) is 2.99. The quantitative estimate of drug-likeness (QED) is 0.836. The molecule has 7 heteroatoms. The number of benzene rings is 1. The average Bonchev–Trinajstić information content (AvgIpc) is 2.38. The minimum atomic E-state index is -0.636. The average molecular weight is 300 g/mol. The maximum atomic E-state index is 13.3. The van der Waals surface area contributed by atoms with Gasteiger partial charge in [0, 0.05) is 11.8 Å². The monoisotopic (exact) mass is 299 g/mol. The summed E-state index contributed by atoms with van der Waals surface area (Å²) >= 11 is 11.6. The molecule has 0 radical (unpaired) electrons. The standard InChI is InChI=1S/C12H8Cl2FN3O/c13-7-3-6(4-8(14)11(7)16)12(19)18-10-1-2-17-5-9(10)15/h1-5H,16H2,(H,17,18,19). The summed E-state index contributed by atoms with van der Waals surface area (Å²) < 4.78 is 13.3. The number of amides is 1. The van der Waals surface area contributed by atoms with Gasteiger partial charge < -0.3 is 11.1 Å². The minimum absolute atomic E-state index is 0.0177. The molecule has 1 amide bonds. The van der Waals surface area contributed by atoms with Gasteiger partial charge in [0.05, 0.1) is 27.6 Å². The van der Waals surface area contributed by atoms with Crippen molar-refractivity contribution in [3.05, 3.63) is 52.0 Å². The van der Waals surface area contributed by atoms with Gasteiger partial charge in [0.2, 0.25) is 0 Å². The van der Waals surface area contributed by atoms with Crippen molar-refractivity contribution in [2.24, 2.45) is 0 Å². The Bertz CT molecular complexity index is 626. The minimum Gasteiger partial charge on any atom is -0.396 e. The van der Waals surface area contributed by atoms with E-state index >= 15 is 0 Å². The number of anilines is 2. The number of hydrogen-bond acceptors (Lipinski definition) is 3. The van der Waals surface area contributed by atoms with Gasteiger partial charge in [-0.25, -0.2) is 4.39 Å². The van der Waals surface area contributed by atoms with Crippen molar-refractivity contribution in [2.45, 2.75) is 0 Å². The molecule has 0 fully saturated rings. The molecule has 2 rings (SSSR count). The second-order valence-corrected chi connectivity index (χ2v) is 4.48. The summed E-state index contributed by atoms with van der Waals surface area (Å²) in [4.78, 5) is 15.5. The van der Waals surface area contributed by atoms with Gasteiger partial charge in [-0.1, -0.05) is 23.2 Å². The van der Waals surface area contributed by atoms with Crippen LogP contribution in [0.15, 0.2) is 30.6 Å². The molecule has 19 heavy (non-hydrogen) atoms. The SMILES string of the molecule is Nc1c(Cl)cc(C(=O)Nc2ccncc2F)cc1Cl. The van der Waals surface area contributed by atoms with Crippen LogP contribution in [0.25, 0.3) is 0 Å². The van der Waals surface area contributed by atoms with Gasteiger partial charge in [-0.3, -0.25) is 9.78 Å². The van der Waals surface area contributed by atoms with E-state index < -0.39 is 11.7 Å². The first kappa shape index (κ1) is 13.6. The van der Waals surface area contributed by atoms with Gasteiger partial charge in [-0.15, -0.1) is 0 Å². The number of nitrogens with two attached hydrogens (primary N) is 1. The van der Waals surface area contributed by atoms with E-state index in [4.69, 9.17) is 28.9 Å². The van der Waals surface area contributed by atoms with Crippen molar-refractivity contribution in [3.8, 4) is 0 Å². The fourth-order valence-electron chi connectivity index (χ4n) is 1.39. The number of carbonyl (C=O) groups excluding carboxylic acids is 1. The number of rotatable bonds is 2. The van der Waals surface area contributed by atoms with Crippen LogP contribution < -0.4 is 11.1 Å². The number of aromatic nitrogens is 1. The summed E-state index contributed by atoms with van der Waals surface area (Å²) in [5, 5.41) is 2.71. The Morgan fingerprint density at radius 1 is 1.32 bits per heavy atom. The molecule has 0 bridgehead atoms. The molecule has 0 atom stereocenters. The van der Waals surface area contributed by atoms with Gasteiger partial charge in [-0.2, -0.15) is 0 Å². The zero-order chi connectivity index (χ0) is 14.0. The maximum Gasteiger partial charge on any atom is 0.255 e. The van der Waals surface area contributed by atoms with Crippen LogP contribution >= 0.6 is 23.2 Å². The first-order chi connectivity index (χ1) is 8.99. The van der Waals surface area contributed by atoms with Gasteiger partial charge >= 0.3 is 0 Å². The lowest BCUT2D eigenvalue weighted by molar-refractivity contribution is 0.102. The van der Waals surface area contributed by atoms with E-state index in [1.165, 1.54) is 24.4 Å². The number of pyridine rings is 1.